The quantitative estimate of drug-likeness (QED) is 0.806. The van der Waals surface area contributed by atoms with Crippen molar-refractivity contribution in [3.05, 3.63) is 53.8 Å². The summed E-state index contributed by atoms with van der Waals surface area (Å²) in [5.74, 6) is -1.36. The zero-order chi connectivity index (χ0) is 21.3. The molecular formula is C20H22FN3O4S. The number of nitrogens with zero attached hydrogens (tertiary/aromatic N) is 2. The van der Waals surface area contributed by atoms with E-state index >= 15 is 0 Å². The zero-order valence-electron chi connectivity index (χ0n) is 16.3. The Bertz CT molecular complexity index is 1070. The van der Waals surface area contributed by atoms with E-state index in [2.05, 4.69) is 5.32 Å². The summed E-state index contributed by atoms with van der Waals surface area (Å²) in [4.78, 5) is 25.7. The molecule has 0 spiro atoms. The third-order valence-corrected chi connectivity index (χ3v) is 6.63. The molecule has 1 N–H and O–H groups in total. The Hall–Kier alpha value is -2.78. The molecule has 9 heteroatoms. The van der Waals surface area contributed by atoms with E-state index in [0.29, 0.717) is 12.1 Å². The van der Waals surface area contributed by atoms with E-state index in [-0.39, 0.29) is 22.5 Å². The first-order valence-corrected chi connectivity index (χ1v) is 10.5. The average Bonchev–Trinajstić information content (AvgIpc) is 2.98. The van der Waals surface area contributed by atoms with Crippen LogP contribution in [0.5, 0.6) is 0 Å². The van der Waals surface area contributed by atoms with Crippen LogP contribution in [0.4, 0.5) is 15.8 Å². The number of halogens is 1. The summed E-state index contributed by atoms with van der Waals surface area (Å²) in [5, 5.41) is 2.37. The Balaban J connectivity index is 1.77. The van der Waals surface area contributed by atoms with Crippen molar-refractivity contribution in [2.45, 2.75) is 31.2 Å². The number of sulfonamides is 1. The summed E-state index contributed by atoms with van der Waals surface area (Å²) in [6, 6.07) is 10.2. The van der Waals surface area contributed by atoms with E-state index < -0.39 is 28.3 Å². The summed E-state index contributed by atoms with van der Waals surface area (Å²) < 4.78 is 40.3. The molecule has 1 atom stereocenters. The highest BCUT2D eigenvalue weighted by molar-refractivity contribution is 7.89. The minimum absolute atomic E-state index is 0.0147. The fourth-order valence-electron chi connectivity index (χ4n) is 3.47. The maximum Gasteiger partial charge on any atom is 0.243 e. The van der Waals surface area contributed by atoms with Gasteiger partial charge in [0.2, 0.25) is 21.8 Å². The molecule has 7 nitrogen and oxygen atoms in total. The number of para-hydroxylation sites is 1. The summed E-state index contributed by atoms with van der Waals surface area (Å²) >= 11 is 0. The van der Waals surface area contributed by atoms with E-state index in [1.54, 1.807) is 17.0 Å². The minimum atomic E-state index is -3.94. The number of carbonyl (C=O) groups is 2. The second-order valence-electron chi connectivity index (χ2n) is 7.02. The van der Waals surface area contributed by atoms with Crippen LogP contribution in [0.2, 0.25) is 0 Å². The second kappa shape index (κ2) is 7.92. The topological polar surface area (TPSA) is 86.8 Å². The van der Waals surface area contributed by atoms with E-state index in [1.165, 1.54) is 44.3 Å². The predicted molar refractivity (Wildman–Crippen MR) is 108 cm³/mol. The van der Waals surface area contributed by atoms with Crippen LogP contribution in [0.3, 0.4) is 0 Å². The number of amides is 2. The van der Waals surface area contributed by atoms with Crippen LogP contribution in [-0.4, -0.2) is 44.2 Å². The molecule has 0 saturated carbocycles. The van der Waals surface area contributed by atoms with Crippen molar-refractivity contribution < 1.29 is 22.4 Å². The molecule has 0 aliphatic carbocycles. The van der Waals surface area contributed by atoms with Gasteiger partial charge in [-0.15, -0.1) is 0 Å². The molecular weight excluding hydrogens is 397 g/mol. The van der Waals surface area contributed by atoms with E-state index in [9.17, 15) is 22.4 Å². The van der Waals surface area contributed by atoms with E-state index in [0.717, 1.165) is 9.87 Å². The van der Waals surface area contributed by atoms with Gasteiger partial charge < -0.3 is 10.2 Å². The molecule has 0 saturated heterocycles. The lowest BCUT2D eigenvalue weighted by Gasteiger charge is -2.21. The molecule has 0 radical (unpaired) electrons. The maximum absolute atomic E-state index is 13.7. The molecule has 1 heterocycles. The van der Waals surface area contributed by atoms with Crippen LogP contribution in [0.25, 0.3) is 0 Å². The number of rotatable bonds is 5. The molecule has 2 aromatic carbocycles. The number of fused-ring (bicyclic) bond motifs is 1. The second-order valence-corrected chi connectivity index (χ2v) is 9.07. The predicted octanol–water partition coefficient (Wildman–Crippen LogP) is 2.38. The molecule has 154 valence electrons. The molecule has 0 bridgehead atoms. The molecule has 1 aliphatic heterocycles. The van der Waals surface area contributed by atoms with Crippen molar-refractivity contribution in [3.63, 3.8) is 0 Å². The van der Waals surface area contributed by atoms with Gasteiger partial charge in [0, 0.05) is 25.7 Å². The molecule has 29 heavy (non-hydrogen) atoms. The number of benzene rings is 2. The van der Waals surface area contributed by atoms with E-state index in [4.69, 9.17) is 0 Å². The van der Waals surface area contributed by atoms with Gasteiger partial charge in [-0.25, -0.2) is 12.8 Å². The molecule has 1 unspecified atom stereocenters. The number of carbonyl (C=O) groups excluding carboxylic acids is 2. The van der Waals surface area contributed by atoms with Crippen LogP contribution in [0, 0.1) is 5.82 Å². The Morgan fingerprint density at radius 1 is 1.24 bits per heavy atom. The van der Waals surface area contributed by atoms with Crippen LogP contribution in [0.15, 0.2) is 47.4 Å². The van der Waals surface area contributed by atoms with Gasteiger partial charge in [-0.3, -0.25) is 9.59 Å². The molecule has 0 aromatic heterocycles. The van der Waals surface area contributed by atoms with Gasteiger partial charge >= 0.3 is 0 Å². The molecule has 2 aromatic rings. The Morgan fingerprint density at radius 2 is 1.93 bits per heavy atom. The van der Waals surface area contributed by atoms with Crippen LogP contribution < -0.4 is 10.2 Å². The molecule has 2 amide bonds. The third-order valence-electron chi connectivity index (χ3n) is 4.83. The normalized spacial score (nSPS) is 16.0. The van der Waals surface area contributed by atoms with Crippen molar-refractivity contribution in [2.75, 3.05) is 23.8 Å². The smallest absolute Gasteiger partial charge is 0.243 e. The Labute approximate surface area is 169 Å². The SMILES string of the molecule is CC(=O)N1c2ccc(S(=O)(=O)N(C)CC(=O)Nc3ccccc3F)cc2CC1C. The number of nitrogens with one attached hydrogen (secondary N) is 1. The lowest BCUT2D eigenvalue weighted by molar-refractivity contribution is -0.117. The highest BCUT2D eigenvalue weighted by Crippen LogP contribution is 2.34. The monoisotopic (exact) mass is 419 g/mol. The maximum atomic E-state index is 13.7. The van der Waals surface area contributed by atoms with Gasteiger partial charge in [0.05, 0.1) is 17.1 Å². The van der Waals surface area contributed by atoms with Crippen molar-refractivity contribution in [2.24, 2.45) is 0 Å². The summed E-state index contributed by atoms with van der Waals surface area (Å²) in [7, 11) is -2.65. The standard InChI is InChI=1S/C20H22FN3O4S/c1-13-10-15-11-16(8-9-19(15)24(13)14(2)25)29(27,28)23(3)12-20(26)22-18-7-5-4-6-17(18)21/h4-9,11,13H,10,12H2,1-3H3,(H,22,26). The van der Waals surface area contributed by atoms with Gasteiger partial charge in [0.25, 0.3) is 0 Å². The van der Waals surface area contributed by atoms with Crippen LogP contribution in [0.1, 0.15) is 19.4 Å². The van der Waals surface area contributed by atoms with Crippen molar-refractivity contribution >= 4 is 33.2 Å². The van der Waals surface area contributed by atoms with Gasteiger partial charge in [-0.05, 0) is 49.2 Å². The lowest BCUT2D eigenvalue weighted by atomic mass is 10.1. The average molecular weight is 419 g/mol. The van der Waals surface area contributed by atoms with Crippen molar-refractivity contribution in [1.29, 1.82) is 0 Å². The van der Waals surface area contributed by atoms with Crippen LogP contribution in [-0.2, 0) is 26.0 Å². The number of anilines is 2. The highest BCUT2D eigenvalue weighted by atomic mass is 32.2. The van der Waals surface area contributed by atoms with Gasteiger partial charge in [0.15, 0.2) is 0 Å². The number of hydrogen-bond donors (Lipinski definition) is 1. The minimum Gasteiger partial charge on any atom is -0.322 e. The zero-order valence-corrected chi connectivity index (χ0v) is 17.2. The first-order chi connectivity index (χ1) is 13.6. The first kappa shape index (κ1) is 20.9. The summed E-state index contributed by atoms with van der Waals surface area (Å²) in [6.45, 7) is 2.90. The fraction of sp³-hybridized carbons (Fsp3) is 0.300. The number of likely N-dealkylation sites (N-methyl/N-ethyl adjacent to an activating group) is 1. The summed E-state index contributed by atoms with van der Waals surface area (Å²) in [5.41, 5.74) is 1.45. The van der Waals surface area contributed by atoms with Crippen molar-refractivity contribution in [3.8, 4) is 0 Å². The Kier molecular flexibility index (Phi) is 5.72. The fourth-order valence-corrected chi connectivity index (χ4v) is 4.65. The first-order valence-electron chi connectivity index (χ1n) is 9.04. The summed E-state index contributed by atoms with van der Waals surface area (Å²) in [6.07, 6.45) is 0.551. The lowest BCUT2D eigenvalue weighted by Crippen LogP contribution is -2.35. The van der Waals surface area contributed by atoms with Gasteiger partial charge in [-0.1, -0.05) is 12.1 Å². The largest absolute Gasteiger partial charge is 0.322 e. The highest BCUT2D eigenvalue weighted by Gasteiger charge is 2.31. The molecule has 1 aliphatic rings. The van der Waals surface area contributed by atoms with Gasteiger partial charge in [-0.2, -0.15) is 4.31 Å². The number of hydrogen-bond acceptors (Lipinski definition) is 4. The third kappa shape index (κ3) is 4.15. The Morgan fingerprint density at radius 3 is 2.59 bits per heavy atom. The van der Waals surface area contributed by atoms with Gasteiger partial charge in [0.1, 0.15) is 5.82 Å². The molecule has 3 rings (SSSR count). The van der Waals surface area contributed by atoms with Crippen LogP contribution >= 0.6 is 0 Å². The molecule has 0 fully saturated rings. The van der Waals surface area contributed by atoms with Crippen molar-refractivity contribution in [1.82, 2.24) is 4.31 Å². The van der Waals surface area contributed by atoms with E-state index in [1.807, 2.05) is 6.92 Å².